The number of carbonyl (C=O) groups excluding carboxylic acids is 1. The number of carboxylic acids is 1. The Hall–Kier alpha value is -2.71. The Labute approximate surface area is 198 Å². The van der Waals surface area contributed by atoms with E-state index in [9.17, 15) is 54.2 Å². The highest BCUT2D eigenvalue weighted by Gasteiger charge is 2.60. The molecule has 1 spiro atoms. The van der Waals surface area contributed by atoms with Crippen LogP contribution in [0.4, 0.5) is 44.3 Å². The highest BCUT2D eigenvalue weighted by molar-refractivity contribution is 5.88. The minimum Gasteiger partial charge on any atom is -0.478 e. The second-order valence-corrected chi connectivity index (χ2v) is 8.81. The van der Waals surface area contributed by atoms with Gasteiger partial charge in [-0.05, 0) is 56.0 Å². The molecule has 15 heteroatoms. The van der Waals surface area contributed by atoms with E-state index in [1.54, 1.807) is 0 Å². The first-order chi connectivity index (χ1) is 16.4. The topological polar surface area (TPSA) is 70.1 Å². The summed E-state index contributed by atoms with van der Waals surface area (Å²) in [5.41, 5.74) is -2.26. The number of alkyl halides is 9. The summed E-state index contributed by atoms with van der Waals surface area (Å²) in [7, 11) is 0. The van der Waals surface area contributed by atoms with Crippen molar-refractivity contribution in [3.8, 4) is 0 Å². The van der Waals surface area contributed by atoms with Crippen LogP contribution in [0, 0.1) is 0 Å². The van der Waals surface area contributed by atoms with Crippen LogP contribution in [0.2, 0.25) is 0 Å². The molecular formula is C21H21F9N2O4. The quantitative estimate of drug-likeness (QED) is 0.518. The Morgan fingerprint density at radius 2 is 1.50 bits per heavy atom. The number of benzene rings is 1. The number of likely N-dealkylation sites (tertiary alicyclic amines) is 2. The van der Waals surface area contributed by atoms with Crippen LogP contribution in [0.5, 0.6) is 0 Å². The number of piperidine rings is 1. The summed E-state index contributed by atoms with van der Waals surface area (Å²) in [6.07, 6.45) is -21.1. The van der Waals surface area contributed by atoms with E-state index < -0.39 is 53.4 Å². The molecule has 3 rings (SSSR count). The Morgan fingerprint density at radius 1 is 0.917 bits per heavy atom. The van der Waals surface area contributed by atoms with E-state index in [-0.39, 0.29) is 38.0 Å². The third-order valence-corrected chi connectivity index (χ3v) is 6.45. The van der Waals surface area contributed by atoms with Crippen LogP contribution in [0.1, 0.15) is 47.2 Å². The molecule has 0 unspecified atom stereocenters. The van der Waals surface area contributed by atoms with E-state index in [1.165, 1.54) is 0 Å². The fourth-order valence-corrected chi connectivity index (χ4v) is 4.70. The maximum atomic E-state index is 13.2. The molecule has 2 saturated heterocycles. The van der Waals surface area contributed by atoms with Crippen molar-refractivity contribution in [3.05, 3.63) is 34.9 Å². The molecule has 202 valence electrons. The number of hydrogen-bond acceptors (Lipinski definition) is 4. The monoisotopic (exact) mass is 536 g/mol. The van der Waals surface area contributed by atoms with Gasteiger partial charge in [-0.3, -0.25) is 4.90 Å². The average molecular weight is 536 g/mol. The van der Waals surface area contributed by atoms with Gasteiger partial charge in [0.15, 0.2) is 0 Å². The van der Waals surface area contributed by atoms with Crippen molar-refractivity contribution >= 4 is 12.1 Å². The van der Waals surface area contributed by atoms with E-state index in [2.05, 4.69) is 4.74 Å². The fourth-order valence-electron chi connectivity index (χ4n) is 4.70. The van der Waals surface area contributed by atoms with Crippen molar-refractivity contribution in [3.63, 3.8) is 0 Å². The maximum Gasteiger partial charge on any atom is 0.434 e. The number of carbonyl (C=O) groups is 2. The molecule has 6 nitrogen and oxygen atoms in total. The van der Waals surface area contributed by atoms with Crippen LogP contribution >= 0.6 is 0 Å². The lowest BCUT2D eigenvalue weighted by molar-refractivity contribution is -0.308. The summed E-state index contributed by atoms with van der Waals surface area (Å²) in [6, 6.07) is 2.47. The molecular weight excluding hydrogens is 515 g/mol. The summed E-state index contributed by atoms with van der Waals surface area (Å²) >= 11 is 0. The van der Waals surface area contributed by atoms with Gasteiger partial charge in [0.05, 0.1) is 11.1 Å². The molecule has 2 aliphatic heterocycles. The summed E-state index contributed by atoms with van der Waals surface area (Å²) in [5, 5.41) is 9.18. The molecule has 1 aromatic rings. The second kappa shape index (κ2) is 9.63. The maximum absolute atomic E-state index is 13.2. The zero-order chi connectivity index (χ0) is 27.1. The molecule has 0 aliphatic carbocycles. The standard InChI is InChI=1S/C21H21F9N2O4/c22-19(23,24)14-9-12(8-13(10-14)15(33)34)11-32-5-1-2-18(32)3-6-31(7-4-18)17(35)36-16(20(25,26)27)21(28,29)30/h8-10,16H,1-7,11H2,(H,33,34). The third kappa shape index (κ3) is 6.16. The lowest BCUT2D eigenvalue weighted by atomic mass is 9.84. The van der Waals surface area contributed by atoms with E-state index >= 15 is 0 Å². The van der Waals surface area contributed by atoms with Crippen molar-refractivity contribution in [2.75, 3.05) is 19.6 Å². The van der Waals surface area contributed by atoms with E-state index in [1.807, 2.05) is 4.90 Å². The largest absolute Gasteiger partial charge is 0.478 e. The summed E-state index contributed by atoms with van der Waals surface area (Å²) in [4.78, 5) is 25.9. The number of rotatable bonds is 4. The molecule has 1 amide bonds. The number of amides is 1. The van der Waals surface area contributed by atoms with Gasteiger partial charge in [0.2, 0.25) is 0 Å². The van der Waals surface area contributed by atoms with Gasteiger partial charge in [-0.2, -0.15) is 39.5 Å². The molecule has 0 atom stereocenters. The normalized spacial score (nSPS) is 19.2. The predicted molar refractivity (Wildman–Crippen MR) is 104 cm³/mol. The van der Waals surface area contributed by atoms with Crippen molar-refractivity contribution in [1.29, 1.82) is 0 Å². The number of aromatic carboxylic acids is 1. The predicted octanol–water partition coefficient (Wildman–Crippen LogP) is 5.46. The highest BCUT2D eigenvalue weighted by atomic mass is 19.4. The molecule has 2 fully saturated rings. The second-order valence-electron chi connectivity index (χ2n) is 8.81. The van der Waals surface area contributed by atoms with Crippen LogP contribution in [0.15, 0.2) is 18.2 Å². The van der Waals surface area contributed by atoms with Gasteiger partial charge in [-0.1, -0.05) is 0 Å². The third-order valence-electron chi connectivity index (χ3n) is 6.45. The van der Waals surface area contributed by atoms with Crippen LogP contribution in [-0.4, -0.2) is 70.6 Å². The Balaban J connectivity index is 1.72. The van der Waals surface area contributed by atoms with Crippen molar-refractivity contribution in [2.24, 2.45) is 0 Å². The zero-order valence-corrected chi connectivity index (χ0v) is 18.4. The van der Waals surface area contributed by atoms with Crippen LogP contribution in [-0.2, 0) is 17.5 Å². The summed E-state index contributed by atoms with van der Waals surface area (Å²) < 4.78 is 120. The molecule has 1 aromatic carbocycles. The highest BCUT2D eigenvalue weighted by Crippen LogP contribution is 2.41. The number of halogens is 9. The first-order valence-electron chi connectivity index (χ1n) is 10.7. The smallest absolute Gasteiger partial charge is 0.434 e. The van der Waals surface area contributed by atoms with Crippen molar-refractivity contribution in [2.45, 2.75) is 62.4 Å². The minimum atomic E-state index is -5.84. The lowest BCUT2D eigenvalue weighted by Gasteiger charge is -2.45. The van der Waals surface area contributed by atoms with Gasteiger partial charge in [0.1, 0.15) is 0 Å². The van der Waals surface area contributed by atoms with Crippen molar-refractivity contribution < 1.29 is 58.9 Å². The van der Waals surface area contributed by atoms with E-state index in [4.69, 9.17) is 0 Å². The molecule has 0 saturated carbocycles. The molecule has 36 heavy (non-hydrogen) atoms. The van der Waals surface area contributed by atoms with Gasteiger partial charge in [0.25, 0.3) is 6.10 Å². The van der Waals surface area contributed by atoms with Gasteiger partial charge in [-0.25, -0.2) is 9.59 Å². The zero-order valence-electron chi connectivity index (χ0n) is 18.4. The first kappa shape index (κ1) is 27.9. The molecule has 1 N–H and O–H groups in total. The number of nitrogens with zero attached hydrogens (tertiary/aromatic N) is 2. The SMILES string of the molecule is O=C(O)c1cc(CN2CCCC23CCN(C(=O)OC(C(F)(F)F)C(F)(F)F)CC3)cc(C(F)(F)F)c1. The number of hydrogen-bond donors (Lipinski definition) is 1. The Bertz CT molecular complexity index is 969. The molecule has 2 heterocycles. The minimum absolute atomic E-state index is 0.0567. The van der Waals surface area contributed by atoms with Crippen molar-refractivity contribution in [1.82, 2.24) is 9.80 Å². The van der Waals surface area contributed by atoms with Gasteiger partial charge >= 0.3 is 30.6 Å². The van der Waals surface area contributed by atoms with E-state index in [0.717, 1.165) is 17.0 Å². The molecule has 2 aliphatic rings. The van der Waals surface area contributed by atoms with Gasteiger partial charge < -0.3 is 14.7 Å². The van der Waals surface area contributed by atoms with Crippen LogP contribution in [0.3, 0.4) is 0 Å². The summed E-state index contributed by atoms with van der Waals surface area (Å²) in [6.45, 7) is -0.0757. The van der Waals surface area contributed by atoms with Gasteiger partial charge in [-0.15, -0.1) is 0 Å². The Morgan fingerprint density at radius 3 is 2.00 bits per heavy atom. The van der Waals surface area contributed by atoms with E-state index in [0.29, 0.717) is 25.5 Å². The first-order valence-corrected chi connectivity index (χ1v) is 10.7. The fraction of sp³-hybridized carbons (Fsp3) is 0.619. The summed E-state index contributed by atoms with van der Waals surface area (Å²) in [5.74, 6) is -1.54. The molecule has 0 radical (unpaired) electrons. The number of carboxylic acid groups (broad SMARTS) is 1. The number of ether oxygens (including phenoxy) is 1. The van der Waals surface area contributed by atoms with Crippen LogP contribution in [0.25, 0.3) is 0 Å². The molecule has 0 aromatic heterocycles. The Kier molecular flexibility index (Phi) is 7.46. The van der Waals surface area contributed by atoms with Crippen LogP contribution < -0.4 is 0 Å². The van der Waals surface area contributed by atoms with Gasteiger partial charge in [0, 0.05) is 25.2 Å². The lowest BCUT2D eigenvalue weighted by Crippen LogP contribution is -2.54. The average Bonchev–Trinajstić information content (AvgIpc) is 3.11. The molecule has 0 bridgehead atoms.